The van der Waals surface area contributed by atoms with E-state index in [2.05, 4.69) is 0 Å². The van der Waals surface area contributed by atoms with E-state index in [1.165, 1.54) is 0 Å². The van der Waals surface area contributed by atoms with Crippen LogP contribution in [0, 0.1) is 0 Å². The SMILES string of the molecule is COc1ccc(C2(C(=O)N(C)C3CCS(=O)(=O)C3)CC2)cc1. The number of hydrogen-bond acceptors (Lipinski definition) is 4. The molecule has 5 nitrogen and oxygen atoms in total. The molecule has 1 aromatic rings. The molecule has 1 aliphatic carbocycles. The van der Waals surface area contributed by atoms with Crippen LogP contribution in [0.1, 0.15) is 24.8 Å². The predicted octanol–water partition coefficient (Wildman–Crippen LogP) is 1.37. The largest absolute Gasteiger partial charge is 0.497 e. The fourth-order valence-electron chi connectivity index (χ4n) is 3.25. The van der Waals surface area contributed by atoms with Crippen LogP contribution in [0.25, 0.3) is 0 Å². The molecule has 1 aliphatic heterocycles. The fourth-order valence-corrected chi connectivity index (χ4v) is 5.02. The molecule has 0 bridgehead atoms. The lowest BCUT2D eigenvalue weighted by atomic mass is 9.93. The Labute approximate surface area is 131 Å². The maximum atomic E-state index is 12.9. The normalized spacial score (nSPS) is 24.7. The Balaban J connectivity index is 1.78. The van der Waals surface area contributed by atoms with Crippen molar-refractivity contribution in [1.82, 2.24) is 4.90 Å². The van der Waals surface area contributed by atoms with E-state index < -0.39 is 15.3 Å². The van der Waals surface area contributed by atoms with Crippen LogP contribution < -0.4 is 4.74 Å². The topological polar surface area (TPSA) is 63.7 Å². The molecular weight excluding hydrogens is 302 g/mol. The Morgan fingerprint density at radius 3 is 2.36 bits per heavy atom. The number of rotatable bonds is 4. The molecular formula is C16H21NO4S. The van der Waals surface area contributed by atoms with Gasteiger partial charge in [0, 0.05) is 13.1 Å². The highest BCUT2D eigenvalue weighted by atomic mass is 32.2. The van der Waals surface area contributed by atoms with Crippen molar-refractivity contribution in [2.45, 2.75) is 30.7 Å². The summed E-state index contributed by atoms with van der Waals surface area (Å²) in [7, 11) is 0.363. The third kappa shape index (κ3) is 2.60. The molecule has 6 heteroatoms. The zero-order valence-corrected chi connectivity index (χ0v) is 13.7. The number of nitrogens with zero attached hydrogens (tertiary/aromatic N) is 1. The minimum absolute atomic E-state index is 0.0415. The summed E-state index contributed by atoms with van der Waals surface area (Å²) in [5.41, 5.74) is 0.527. The highest BCUT2D eigenvalue weighted by Gasteiger charge is 2.53. The van der Waals surface area contributed by atoms with Crippen LogP contribution in [0.5, 0.6) is 5.75 Å². The van der Waals surface area contributed by atoms with Crippen molar-refractivity contribution in [2.24, 2.45) is 0 Å². The molecule has 0 radical (unpaired) electrons. The number of methoxy groups -OCH3 is 1. The molecule has 0 spiro atoms. The summed E-state index contributed by atoms with van der Waals surface area (Å²) in [5, 5.41) is 0. The van der Waals surface area contributed by atoms with E-state index >= 15 is 0 Å². The average Bonchev–Trinajstić information content (AvgIpc) is 3.24. The molecule has 0 aromatic heterocycles. The van der Waals surface area contributed by atoms with Crippen LogP contribution in [0.15, 0.2) is 24.3 Å². The number of carbonyl (C=O) groups is 1. The zero-order valence-electron chi connectivity index (χ0n) is 12.9. The van der Waals surface area contributed by atoms with Gasteiger partial charge in [0.2, 0.25) is 5.91 Å². The van der Waals surface area contributed by atoms with Crippen molar-refractivity contribution in [3.63, 3.8) is 0 Å². The van der Waals surface area contributed by atoms with Gasteiger partial charge in [0.05, 0.1) is 24.0 Å². The number of sulfone groups is 1. The van der Waals surface area contributed by atoms with Crippen molar-refractivity contribution in [3.05, 3.63) is 29.8 Å². The molecule has 120 valence electrons. The Morgan fingerprint density at radius 2 is 1.91 bits per heavy atom. The minimum atomic E-state index is -2.98. The van der Waals surface area contributed by atoms with Gasteiger partial charge in [-0.15, -0.1) is 0 Å². The number of likely N-dealkylation sites (N-methyl/N-ethyl adjacent to an activating group) is 1. The van der Waals surface area contributed by atoms with Gasteiger partial charge in [0.15, 0.2) is 9.84 Å². The lowest BCUT2D eigenvalue weighted by molar-refractivity contribution is -0.134. The molecule has 1 atom stereocenters. The lowest BCUT2D eigenvalue weighted by Crippen LogP contribution is -2.43. The third-order valence-corrected chi connectivity index (χ3v) is 6.63. The van der Waals surface area contributed by atoms with E-state index in [9.17, 15) is 13.2 Å². The Bertz CT molecular complexity index is 677. The van der Waals surface area contributed by atoms with Gasteiger partial charge < -0.3 is 9.64 Å². The van der Waals surface area contributed by atoms with Crippen LogP contribution in [-0.4, -0.2) is 50.9 Å². The second-order valence-corrected chi connectivity index (χ2v) is 8.51. The molecule has 1 unspecified atom stereocenters. The van der Waals surface area contributed by atoms with Crippen molar-refractivity contribution < 1.29 is 17.9 Å². The monoisotopic (exact) mass is 323 g/mol. The first-order valence-corrected chi connectivity index (χ1v) is 9.32. The summed E-state index contributed by atoms with van der Waals surface area (Å²) in [6, 6.07) is 7.41. The van der Waals surface area contributed by atoms with Gasteiger partial charge in [-0.25, -0.2) is 8.42 Å². The molecule has 1 heterocycles. The standard InChI is InChI=1S/C16H21NO4S/c1-17(13-7-10-22(19,20)11-13)15(18)16(8-9-16)12-3-5-14(21-2)6-4-12/h3-6,13H,7-11H2,1-2H3. The van der Waals surface area contributed by atoms with Crippen molar-refractivity contribution in [2.75, 3.05) is 25.7 Å². The number of carbonyl (C=O) groups excluding carboxylic acids is 1. The number of ether oxygens (including phenoxy) is 1. The first kappa shape index (κ1) is 15.3. The minimum Gasteiger partial charge on any atom is -0.497 e. The van der Waals surface area contributed by atoms with Gasteiger partial charge >= 0.3 is 0 Å². The van der Waals surface area contributed by atoms with E-state index in [-0.39, 0.29) is 23.5 Å². The number of benzene rings is 1. The summed E-state index contributed by atoms with van der Waals surface area (Å²) in [4.78, 5) is 14.5. The number of hydrogen-bond donors (Lipinski definition) is 0. The highest BCUT2D eigenvalue weighted by molar-refractivity contribution is 7.91. The Morgan fingerprint density at radius 1 is 1.27 bits per heavy atom. The molecule has 2 fully saturated rings. The maximum absolute atomic E-state index is 12.9. The van der Waals surface area contributed by atoms with Gasteiger partial charge in [-0.2, -0.15) is 0 Å². The molecule has 1 saturated heterocycles. The van der Waals surface area contributed by atoms with Crippen LogP contribution in [0.4, 0.5) is 0 Å². The maximum Gasteiger partial charge on any atom is 0.233 e. The molecule has 2 aliphatic rings. The van der Waals surface area contributed by atoms with E-state index in [1.807, 2.05) is 24.3 Å². The van der Waals surface area contributed by atoms with Crippen molar-refractivity contribution in [1.29, 1.82) is 0 Å². The molecule has 3 rings (SSSR count). The number of amides is 1. The summed E-state index contributed by atoms with van der Waals surface area (Å²) >= 11 is 0. The lowest BCUT2D eigenvalue weighted by Gasteiger charge is -2.28. The average molecular weight is 323 g/mol. The van der Waals surface area contributed by atoms with Gasteiger partial charge in [-0.05, 0) is 37.0 Å². The van der Waals surface area contributed by atoms with Crippen LogP contribution in [0.2, 0.25) is 0 Å². The first-order chi connectivity index (χ1) is 10.4. The predicted molar refractivity (Wildman–Crippen MR) is 83.7 cm³/mol. The summed E-state index contributed by atoms with van der Waals surface area (Å²) in [5.74, 6) is 1.08. The fraction of sp³-hybridized carbons (Fsp3) is 0.562. The second kappa shape index (κ2) is 5.26. The molecule has 1 aromatic carbocycles. The van der Waals surface area contributed by atoms with Gasteiger partial charge in [-0.3, -0.25) is 4.79 Å². The second-order valence-electron chi connectivity index (χ2n) is 6.28. The molecule has 22 heavy (non-hydrogen) atoms. The van der Waals surface area contributed by atoms with Crippen molar-refractivity contribution >= 4 is 15.7 Å². The summed E-state index contributed by atoms with van der Waals surface area (Å²) in [6.45, 7) is 0. The summed E-state index contributed by atoms with van der Waals surface area (Å²) in [6.07, 6.45) is 2.19. The quantitative estimate of drug-likeness (QED) is 0.839. The van der Waals surface area contributed by atoms with Gasteiger partial charge in [0.1, 0.15) is 5.75 Å². The first-order valence-electron chi connectivity index (χ1n) is 7.50. The third-order valence-electron chi connectivity index (χ3n) is 4.88. The Kier molecular flexibility index (Phi) is 3.67. The zero-order chi connectivity index (χ0) is 16.0. The van der Waals surface area contributed by atoms with Crippen LogP contribution in [-0.2, 0) is 20.0 Å². The van der Waals surface area contributed by atoms with E-state index in [0.717, 1.165) is 24.2 Å². The van der Waals surface area contributed by atoms with E-state index in [4.69, 9.17) is 4.74 Å². The van der Waals surface area contributed by atoms with Gasteiger partial charge in [0.25, 0.3) is 0 Å². The van der Waals surface area contributed by atoms with E-state index in [0.29, 0.717) is 6.42 Å². The van der Waals surface area contributed by atoms with Crippen LogP contribution >= 0.6 is 0 Å². The highest BCUT2D eigenvalue weighted by Crippen LogP contribution is 2.50. The van der Waals surface area contributed by atoms with E-state index in [1.54, 1.807) is 19.1 Å². The van der Waals surface area contributed by atoms with Gasteiger partial charge in [-0.1, -0.05) is 12.1 Å². The molecule has 0 N–H and O–H groups in total. The molecule has 1 amide bonds. The van der Waals surface area contributed by atoms with Crippen molar-refractivity contribution in [3.8, 4) is 5.75 Å². The summed E-state index contributed by atoms with van der Waals surface area (Å²) < 4.78 is 28.4. The molecule has 1 saturated carbocycles. The Hall–Kier alpha value is -1.56. The van der Waals surface area contributed by atoms with Crippen LogP contribution in [0.3, 0.4) is 0 Å². The smallest absolute Gasteiger partial charge is 0.233 e.